The first-order valence-electron chi connectivity index (χ1n) is 11.0. The molecule has 4 N–H and O–H groups in total. The van der Waals surface area contributed by atoms with Crippen molar-refractivity contribution in [2.24, 2.45) is 0 Å². The van der Waals surface area contributed by atoms with Crippen molar-refractivity contribution in [3.05, 3.63) is 34.9 Å². The molecule has 0 aliphatic carbocycles. The lowest BCUT2D eigenvalue weighted by Gasteiger charge is -2.17. The fourth-order valence-corrected chi connectivity index (χ4v) is 3.78. The van der Waals surface area contributed by atoms with Crippen LogP contribution in [-0.2, 0) is 19.2 Å². The molecule has 0 heterocycles. The van der Waals surface area contributed by atoms with Gasteiger partial charge in [-0.05, 0) is 53.4 Å². The lowest BCUT2D eigenvalue weighted by molar-refractivity contribution is -0.144. The molecule has 33 heavy (non-hydrogen) atoms. The summed E-state index contributed by atoms with van der Waals surface area (Å²) < 4.78 is 0. The maximum Gasteiger partial charge on any atom is 0.327 e. The number of rotatable bonds is 16. The van der Waals surface area contributed by atoms with Gasteiger partial charge in [0.05, 0.1) is 6.42 Å². The number of thioether (sulfide) groups is 1. The highest BCUT2D eigenvalue weighted by Crippen LogP contribution is 2.13. The Balaban J connectivity index is 4.46. The fourth-order valence-electron chi connectivity index (χ4n) is 2.78. The number of hydrogen-bond donors (Lipinski definition) is 4. The summed E-state index contributed by atoms with van der Waals surface area (Å²) in [6.07, 6.45) is 10.0. The molecule has 8 nitrogen and oxygen atoms in total. The normalized spacial score (nSPS) is 13.6. The Bertz CT molecular complexity index is 769. The standard InChI is InChI=1S/C24H38N2O6S/c1-16(2)8-6-9-17(3)10-7-11-18(4)12-13-33-15-21(24(31)32)26-22(28)14-20(23(29)30)25-19(5)27/h8,10,12,20-21H,6-7,9,11,13-15H2,1-5H3,(H,25,27)(H,26,28)(H,29,30)(H,31,32)/t20?,21-/m0/s1. The first-order valence-corrected chi connectivity index (χ1v) is 12.1. The fraction of sp³-hybridized carbons (Fsp3) is 0.583. The summed E-state index contributed by atoms with van der Waals surface area (Å²) in [6.45, 7) is 9.52. The average molecular weight is 483 g/mol. The van der Waals surface area contributed by atoms with Crippen molar-refractivity contribution >= 4 is 35.5 Å². The van der Waals surface area contributed by atoms with Crippen LogP contribution in [0.4, 0.5) is 0 Å². The number of carbonyl (C=O) groups excluding carboxylic acids is 2. The summed E-state index contributed by atoms with van der Waals surface area (Å²) in [7, 11) is 0. The molecule has 0 spiro atoms. The van der Waals surface area contributed by atoms with Crippen LogP contribution < -0.4 is 10.6 Å². The molecule has 0 aromatic rings. The highest BCUT2D eigenvalue weighted by atomic mass is 32.2. The molecular weight excluding hydrogens is 444 g/mol. The minimum atomic E-state index is -1.40. The molecule has 0 aliphatic heterocycles. The van der Waals surface area contributed by atoms with Gasteiger partial charge in [-0.15, -0.1) is 0 Å². The van der Waals surface area contributed by atoms with Crippen molar-refractivity contribution in [1.82, 2.24) is 10.6 Å². The number of aliphatic carboxylic acids is 2. The van der Waals surface area contributed by atoms with Crippen molar-refractivity contribution < 1.29 is 29.4 Å². The van der Waals surface area contributed by atoms with Crippen LogP contribution in [-0.4, -0.2) is 57.6 Å². The number of carboxylic acids is 2. The number of allylic oxidation sites excluding steroid dienone is 5. The van der Waals surface area contributed by atoms with Crippen molar-refractivity contribution in [2.75, 3.05) is 11.5 Å². The monoisotopic (exact) mass is 482 g/mol. The maximum absolute atomic E-state index is 12.0. The average Bonchev–Trinajstić information content (AvgIpc) is 2.68. The minimum Gasteiger partial charge on any atom is -0.480 e. The third-order valence-electron chi connectivity index (χ3n) is 4.66. The van der Waals surface area contributed by atoms with Crippen LogP contribution >= 0.6 is 11.8 Å². The lowest BCUT2D eigenvalue weighted by Crippen LogP contribution is -2.47. The number of amides is 2. The highest BCUT2D eigenvalue weighted by Gasteiger charge is 2.25. The molecule has 0 saturated carbocycles. The second kappa shape index (κ2) is 17.0. The van der Waals surface area contributed by atoms with Crippen LogP contribution in [0.5, 0.6) is 0 Å². The quantitative estimate of drug-likeness (QED) is 0.195. The van der Waals surface area contributed by atoms with Crippen LogP contribution in [0.15, 0.2) is 34.9 Å². The van der Waals surface area contributed by atoms with Gasteiger partial charge in [0, 0.05) is 18.4 Å². The zero-order valence-corrected chi connectivity index (χ0v) is 21.1. The van der Waals surface area contributed by atoms with Gasteiger partial charge in [-0.1, -0.05) is 34.9 Å². The van der Waals surface area contributed by atoms with Crippen molar-refractivity contribution in [3.8, 4) is 0 Å². The van der Waals surface area contributed by atoms with E-state index in [9.17, 15) is 24.3 Å². The van der Waals surface area contributed by atoms with E-state index in [0.29, 0.717) is 5.75 Å². The molecule has 0 aromatic carbocycles. The minimum absolute atomic E-state index is 0.145. The van der Waals surface area contributed by atoms with Gasteiger partial charge in [-0.25, -0.2) is 9.59 Å². The van der Waals surface area contributed by atoms with Gasteiger partial charge in [-0.3, -0.25) is 9.59 Å². The third-order valence-corrected chi connectivity index (χ3v) is 5.63. The topological polar surface area (TPSA) is 133 Å². The summed E-state index contributed by atoms with van der Waals surface area (Å²) in [5.74, 6) is -3.14. The number of carbonyl (C=O) groups is 4. The number of hydrogen-bond acceptors (Lipinski definition) is 5. The Hall–Kier alpha value is -2.55. The summed E-state index contributed by atoms with van der Waals surface area (Å²) in [5, 5.41) is 22.9. The van der Waals surface area contributed by atoms with E-state index in [0.717, 1.165) is 32.6 Å². The molecule has 9 heteroatoms. The van der Waals surface area contributed by atoms with E-state index in [2.05, 4.69) is 49.6 Å². The Morgan fingerprint density at radius 2 is 1.33 bits per heavy atom. The van der Waals surface area contributed by atoms with Crippen LogP contribution in [0.2, 0.25) is 0 Å². The van der Waals surface area contributed by atoms with E-state index in [1.807, 2.05) is 6.92 Å². The van der Waals surface area contributed by atoms with Gasteiger partial charge in [0.25, 0.3) is 0 Å². The Kier molecular flexibility index (Phi) is 15.7. The maximum atomic E-state index is 12.0. The zero-order chi connectivity index (χ0) is 25.4. The van der Waals surface area contributed by atoms with E-state index in [1.165, 1.54) is 28.5 Å². The Morgan fingerprint density at radius 1 is 0.788 bits per heavy atom. The third kappa shape index (κ3) is 16.7. The first kappa shape index (κ1) is 30.4. The number of carboxylic acid groups (broad SMARTS) is 2. The molecule has 0 fully saturated rings. The first-order chi connectivity index (χ1) is 15.4. The van der Waals surface area contributed by atoms with Crippen molar-refractivity contribution in [2.45, 2.75) is 78.8 Å². The van der Waals surface area contributed by atoms with E-state index in [-0.39, 0.29) is 5.75 Å². The second-order valence-electron chi connectivity index (χ2n) is 8.25. The highest BCUT2D eigenvalue weighted by molar-refractivity contribution is 7.99. The largest absolute Gasteiger partial charge is 0.480 e. The predicted molar refractivity (Wildman–Crippen MR) is 132 cm³/mol. The van der Waals surface area contributed by atoms with E-state index in [1.54, 1.807) is 0 Å². The Labute approximate surface area is 201 Å². The molecule has 0 rings (SSSR count). The van der Waals surface area contributed by atoms with Gasteiger partial charge in [-0.2, -0.15) is 11.8 Å². The van der Waals surface area contributed by atoms with Crippen LogP contribution in [0.1, 0.15) is 66.7 Å². The summed E-state index contributed by atoms with van der Waals surface area (Å²) in [6, 6.07) is -2.55. The van der Waals surface area contributed by atoms with E-state index >= 15 is 0 Å². The second-order valence-corrected chi connectivity index (χ2v) is 9.33. The van der Waals surface area contributed by atoms with E-state index < -0.39 is 42.3 Å². The molecule has 0 bridgehead atoms. The van der Waals surface area contributed by atoms with Gasteiger partial charge in [0.15, 0.2) is 0 Å². The number of nitrogens with one attached hydrogen (secondary N) is 2. The van der Waals surface area contributed by atoms with Gasteiger partial charge in [0.2, 0.25) is 11.8 Å². The van der Waals surface area contributed by atoms with E-state index in [4.69, 9.17) is 5.11 Å². The van der Waals surface area contributed by atoms with Crippen LogP contribution in [0.3, 0.4) is 0 Å². The smallest absolute Gasteiger partial charge is 0.327 e. The lowest BCUT2D eigenvalue weighted by atomic mass is 10.1. The molecule has 0 aromatic heterocycles. The van der Waals surface area contributed by atoms with Crippen molar-refractivity contribution in [1.29, 1.82) is 0 Å². The molecule has 0 aliphatic rings. The molecule has 2 amide bonds. The molecule has 0 saturated heterocycles. The van der Waals surface area contributed by atoms with Crippen molar-refractivity contribution in [3.63, 3.8) is 0 Å². The molecular formula is C24H38N2O6S. The molecule has 2 atom stereocenters. The molecule has 0 radical (unpaired) electrons. The molecule has 186 valence electrons. The summed E-state index contributed by atoms with van der Waals surface area (Å²) >= 11 is 1.37. The zero-order valence-electron chi connectivity index (χ0n) is 20.3. The summed E-state index contributed by atoms with van der Waals surface area (Å²) in [4.78, 5) is 45.7. The van der Waals surface area contributed by atoms with Gasteiger partial charge in [0.1, 0.15) is 12.1 Å². The van der Waals surface area contributed by atoms with Gasteiger partial charge < -0.3 is 20.8 Å². The predicted octanol–water partition coefficient (Wildman–Crippen LogP) is 3.69. The van der Waals surface area contributed by atoms with Crippen LogP contribution in [0.25, 0.3) is 0 Å². The van der Waals surface area contributed by atoms with Crippen LogP contribution in [0, 0.1) is 0 Å². The SMILES string of the molecule is CC(=O)NC(CC(=O)N[C@@H](CSCC=C(C)CCC=C(C)CCC=C(C)C)C(=O)O)C(=O)O. The molecule has 1 unspecified atom stereocenters. The van der Waals surface area contributed by atoms with Gasteiger partial charge >= 0.3 is 11.9 Å². The Morgan fingerprint density at radius 3 is 1.85 bits per heavy atom. The summed E-state index contributed by atoms with van der Waals surface area (Å²) in [5.41, 5.74) is 3.92.